The average molecular weight is 244 g/mol. The number of aliphatic hydroxyl groups is 2. The lowest BCUT2D eigenvalue weighted by Crippen LogP contribution is -2.14. The summed E-state index contributed by atoms with van der Waals surface area (Å²) in [6, 6.07) is 0. The van der Waals surface area contributed by atoms with Crippen molar-refractivity contribution in [2.45, 2.75) is 11.9 Å². The van der Waals surface area contributed by atoms with Crippen molar-refractivity contribution in [3.8, 4) is 0 Å². The average Bonchev–Trinajstić information content (AvgIpc) is 2.77. The van der Waals surface area contributed by atoms with Crippen molar-refractivity contribution in [1.29, 1.82) is 0 Å². The highest BCUT2D eigenvalue weighted by Crippen LogP contribution is 2.16. The number of imidazole rings is 1. The Bertz CT molecular complexity index is 398. The van der Waals surface area contributed by atoms with Crippen LogP contribution >= 0.6 is 23.1 Å². The number of thioether (sulfide) groups is 1. The Morgan fingerprint density at radius 2 is 2.47 bits per heavy atom. The van der Waals surface area contributed by atoms with E-state index in [9.17, 15) is 0 Å². The van der Waals surface area contributed by atoms with Gasteiger partial charge in [-0.25, -0.2) is 4.98 Å². The maximum Gasteiger partial charge on any atom is 0.193 e. The van der Waals surface area contributed by atoms with Gasteiger partial charge in [0, 0.05) is 29.3 Å². The Morgan fingerprint density at radius 3 is 3.20 bits per heavy atom. The molecule has 4 nitrogen and oxygen atoms in total. The molecule has 0 aliphatic carbocycles. The first-order valence-electron chi connectivity index (χ1n) is 4.57. The number of aliphatic hydroxyl groups excluding tert-OH is 2. The van der Waals surface area contributed by atoms with Crippen molar-refractivity contribution < 1.29 is 10.2 Å². The van der Waals surface area contributed by atoms with Crippen LogP contribution in [0.2, 0.25) is 0 Å². The molecule has 0 bridgehead atoms. The molecule has 2 heterocycles. The van der Waals surface area contributed by atoms with Crippen LogP contribution in [0.4, 0.5) is 0 Å². The van der Waals surface area contributed by atoms with Crippen LogP contribution in [0.3, 0.4) is 0 Å². The number of rotatable bonds is 5. The maximum absolute atomic E-state index is 9.14. The van der Waals surface area contributed by atoms with Gasteiger partial charge in [0.1, 0.15) is 0 Å². The van der Waals surface area contributed by atoms with Crippen molar-refractivity contribution >= 4 is 28.1 Å². The number of fused-ring (bicyclic) bond motifs is 1. The number of hydrogen-bond acceptors (Lipinski definition) is 5. The molecule has 0 radical (unpaired) electrons. The third-order valence-electron chi connectivity index (χ3n) is 1.91. The van der Waals surface area contributed by atoms with E-state index in [1.54, 1.807) is 23.1 Å². The normalized spacial score (nSPS) is 13.5. The van der Waals surface area contributed by atoms with Gasteiger partial charge in [0.2, 0.25) is 0 Å². The standard InChI is InChI=1S/C9H12N2O2S2/c12-4-8(13)6-14-5-7-3-11-1-2-15-9(11)10-7/h1-3,8,12-13H,4-6H2. The van der Waals surface area contributed by atoms with Crippen LogP contribution in [0.1, 0.15) is 5.69 Å². The van der Waals surface area contributed by atoms with E-state index in [0.717, 1.165) is 16.4 Å². The molecule has 0 spiro atoms. The van der Waals surface area contributed by atoms with E-state index < -0.39 is 6.10 Å². The van der Waals surface area contributed by atoms with E-state index in [2.05, 4.69) is 4.98 Å². The fraction of sp³-hybridized carbons (Fsp3) is 0.444. The van der Waals surface area contributed by atoms with E-state index in [-0.39, 0.29) is 6.61 Å². The minimum Gasteiger partial charge on any atom is -0.394 e. The van der Waals surface area contributed by atoms with E-state index >= 15 is 0 Å². The van der Waals surface area contributed by atoms with Gasteiger partial charge in [-0.15, -0.1) is 11.3 Å². The molecular weight excluding hydrogens is 232 g/mol. The summed E-state index contributed by atoms with van der Waals surface area (Å²) in [7, 11) is 0. The fourth-order valence-corrected chi connectivity index (χ4v) is 2.76. The molecule has 15 heavy (non-hydrogen) atoms. The Balaban J connectivity index is 1.87. The van der Waals surface area contributed by atoms with Crippen LogP contribution in [0, 0.1) is 0 Å². The van der Waals surface area contributed by atoms with Crippen molar-refractivity contribution in [1.82, 2.24) is 9.38 Å². The molecule has 6 heteroatoms. The van der Waals surface area contributed by atoms with Gasteiger partial charge in [0.15, 0.2) is 4.96 Å². The number of hydrogen-bond donors (Lipinski definition) is 2. The molecule has 1 atom stereocenters. The minimum absolute atomic E-state index is 0.175. The Kier molecular flexibility index (Phi) is 3.63. The highest BCUT2D eigenvalue weighted by atomic mass is 32.2. The third kappa shape index (κ3) is 2.72. The summed E-state index contributed by atoms with van der Waals surface area (Å²) in [5.41, 5.74) is 1.01. The number of nitrogens with zero attached hydrogens (tertiary/aromatic N) is 2. The molecule has 0 amide bonds. The van der Waals surface area contributed by atoms with E-state index in [4.69, 9.17) is 10.2 Å². The number of thiazole rings is 1. The summed E-state index contributed by atoms with van der Waals surface area (Å²) >= 11 is 3.18. The monoisotopic (exact) mass is 244 g/mol. The molecule has 1 unspecified atom stereocenters. The van der Waals surface area contributed by atoms with Crippen molar-refractivity contribution in [3.63, 3.8) is 0 Å². The van der Waals surface area contributed by atoms with Crippen molar-refractivity contribution in [3.05, 3.63) is 23.5 Å². The van der Waals surface area contributed by atoms with Crippen LogP contribution < -0.4 is 0 Å². The highest BCUT2D eigenvalue weighted by molar-refractivity contribution is 7.98. The van der Waals surface area contributed by atoms with Gasteiger partial charge in [0.25, 0.3) is 0 Å². The molecule has 2 N–H and O–H groups in total. The molecule has 0 fully saturated rings. The predicted molar refractivity (Wildman–Crippen MR) is 62.3 cm³/mol. The quantitative estimate of drug-likeness (QED) is 0.823. The Labute approximate surface area is 95.6 Å². The van der Waals surface area contributed by atoms with Gasteiger partial charge in [-0.1, -0.05) is 0 Å². The topological polar surface area (TPSA) is 57.8 Å². The number of aromatic nitrogens is 2. The lowest BCUT2D eigenvalue weighted by atomic mass is 10.4. The van der Waals surface area contributed by atoms with Gasteiger partial charge in [-0.2, -0.15) is 11.8 Å². The van der Waals surface area contributed by atoms with Crippen molar-refractivity contribution in [2.75, 3.05) is 12.4 Å². The summed E-state index contributed by atoms with van der Waals surface area (Å²) in [5.74, 6) is 1.31. The summed E-state index contributed by atoms with van der Waals surface area (Å²) in [5, 5.41) is 19.8. The molecule has 2 aromatic heterocycles. The van der Waals surface area contributed by atoms with E-state index in [1.807, 2.05) is 22.2 Å². The van der Waals surface area contributed by atoms with Crippen LogP contribution in [-0.2, 0) is 5.75 Å². The van der Waals surface area contributed by atoms with Crippen LogP contribution in [0.5, 0.6) is 0 Å². The Morgan fingerprint density at radius 1 is 1.60 bits per heavy atom. The lowest BCUT2D eigenvalue weighted by Gasteiger charge is -2.04. The molecule has 82 valence electrons. The maximum atomic E-state index is 9.14. The zero-order chi connectivity index (χ0) is 10.7. The SMILES string of the molecule is OCC(O)CSCc1cn2ccsc2n1. The second kappa shape index (κ2) is 4.98. The molecule has 0 aliphatic rings. The molecule has 0 aliphatic heterocycles. The van der Waals surface area contributed by atoms with Crippen LogP contribution in [0.25, 0.3) is 4.96 Å². The predicted octanol–water partition coefficient (Wildman–Crippen LogP) is 0.982. The zero-order valence-electron chi connectivity index (χ0n) is 8.04. The highest BCUT2D eigenvalue weighted by Gasteiger charge is 2.05. The first kappa shape index (κ1) is 10.9. The molecule has 2 rings (SSSR count). The third-order valence-corrected chi connectivity index (χ3v) is 3.81. The van der Waals surface area contributed by atoms with Gasteiger partial charge in [-0.05, 0) is 0 Å². The van der Waals surface area contributed by atoms with Crippen molar-refractivity contribution in [2.24, 2.45) is 0 Å². The second-order valence-electron chi connectivity index (χ2n) is 3.18. The zero-order valence-corrected chi connectivity index (χ0v) is 9.67. The molecule has 0 saturated carbocycles. The largest absolute Gasteiger partial charge is 0.394 e. The van der Waals surface area contributed by atoms with Gasteiger partial charge in [-0.3, -0.25) is 4.40 Å². The fourth-order valence-electron chi connectivity index (χ4n) is 1.20. The van der Waals surface area contributed by atoms with Gasteiger partial charge < -0.3 is 10.2 Å². The molecule has 0 saturated heterocycles. The van der Waals surface area contributed by atoms with Crippen LogP contribution in [-0.4, -0.2) is 38.1 Å². The summed E-state index contributed by atoms with van der Waals surface area (Å²) in [6.07, 6.45) is 3.34. The minimum atomic E-state index is -0.626. The van der Waals surface area contributed by atoms with E-state index in [1.165, 1.54) is 0 Å². The van der Waals surface area contributed by atoms with E-state index in [0.29, 0.717) is 5.75 Å². The first-order chi connectivity index (χ1) is 7.29. The Hall–Kier alpha value is -0.560. The first-order valence-corrected chi connectivity index (χ1v) is 6.61. The smallest absolute Gasteiger partial charge is 0.193 e. The molecule has 2 aromatic rings. The molecular formula is C9H12N2O2S2. The lowest BCUT2D eigenvalue weighted by molar-refractivity contribution is 0.113. The summed E-state index contributed by atoms with van der Waals surface area (Å²) < 4.78 is 1.99. The van der Waals surface area contributed by atoms with Crippen LogP contribution in [0.15, 0.2) is 17.8 Å². The summed E-state index contributed by atoms with van der Waals surface area (Å²) in [6.45, 7) is -0.175. The van der Waals surface area contributed by atoms with Gasteiger partial charge in [0.05, 0.1) is 18.4 Å². The van der Waals surface area contributed by atoms with Gasteiger partial charge >= 0.3 is 0 Å². The second-order valence-corrected chi connectivity index (χ2v) is 5.08. The summed E-state index contributed by atoms with van der Waals surface area (Å²) in [4.78, 5) is 5.41. The molecule has 0 aromatic carbocycles.